The quantitative estimate of drug-likeness (QED) is 0.849. The van der Waals surface area contributed by atoms with E-state index in [2.05, 4.69) is 21.2 Å². The summed E-state index contributed by atoms with van der Waals surface area (Å²) in [5.41, 5.74) is 0.564. The number of methoxy groups -OCH3 is 1. The van der Waals surface area contributed by atoms with Gasteiger partial charge in [-0.15, -0.1) is 0 Å². The maximum absolute atomic E-state index is 11.7. The molecule has 0 aliphatic rings. The molecule has 1 aromatic rings. The summed E-state index contributed by atoms with van der Waals surface area (Å²) in [6.45, 7) is 0.510. The van der Waals surface area contributed by atoms with Crippen molar-refractivity contribution in [1.82, 2.24) is 5.32 Å². The van der Waals surface area contributed by atoms with E-state index >= 15 is 0 Å². The molecular weight excluding hydrogens is 284 g/mol. The van der Waals surface area contributed by atoms with E-state index in [1.807, 2.05) is 6.07 Å². The van der Waals surface area contributed by atoms with Crippen LogP contribution in [0.3, 0.4) is 0 Å². The number of nitrogens with zero attached hydrogens (tertiary/aromatic N) is 1. The van der Waals surface area contributed by atoms with Crippen LogP contribution in [0.1, 0.15) is 23.2 Å². The average Bonchev–Trinajstić information content (AvgIpc) is 2.34. The number of unbranched alkanes of at least 4 members (excludes halogenated alkanes) is 1. The van der Waals surface area contributed by atoms with Crippen molar-refractivity contribution in [1.29, 1.82) is 5.26 Å². The highest BCUT2D eigenvalue weighted by atomic mass is 79.9. The molecule has 0 heterocycles. The zero-order valence-electron chi connectivity index (χ0n) is 9.50. The van der Waals surface area contributed by atoms with Gasteiger partial charge < -0.3 is 10.1 Å². The van der Waals surface area contributed by atoms with Gasteiger partial charge in [-0.05, 0) is 40.5 Å². The van der Waals surface area contributed by atoms with Crippen LogP contribution in [0.15, 0.2) is 22.7 Å². The summed E-state index contributed by atoms with van der Waals surface area (Å²) < 4.78 is 5.82. The normalized spacial score (nSPS) is 9.47. The first-order valence-electron chi connectivity index (χ1n) is 5.17. The summed E-state index contributed by atoms with van der Waals surface area (Å²) in [6, 6.07) is 7.16. The van der Waals surface area contributed by atoms with Crippen molar-refractivity contribution < 1.29 is 9.53 Å². The third-order valence-electron chi connectivity index (χ3n) is 2.16. The van der Waals surface area contributed by atoms with Gasteiger partial charge in [0.05, 0.1) is 17.7 Å². The van der Waals surface area contributed by atoms with E-state index in [4.69, 9.17) is 10.00 Å². The highest BCUT2D eigenvalue weighted by Gasteiger charge is 2.07. The zero-order chi connectivity index (χ0) is 12.7. The number of nitrogens with one attached hydrogen (secondary N) is 1. The molecule has 0 atom stereocenters. The highest BCUT2D eigenvalue weighted by molar-refractivity contribution is 9.10. The Kier molecular flexibility index (Phi) is 5.50. The van der Waals surface area contributed by atoms with E-state index in [1.165, 1.54) is 0 Å². The Hall–Kier alpha value is -1.54. The van der Waals surface area contributed by atoms with E-state index in [9.17, 15) is 4.79 Å². The Bertz CT molecular complexity index is 441. The van der Waals surface area contributed by atoms with Gasteiger partial charge in [0.1, 0.15) is 5.75 Å². The van der Waals surface area contributed by atoms with Crippen molar-refractivity contribution in [3.63, 3.8) is 0 Å². The summed E-state index contributed by atoms with van der Waals surface area (Å²) in [4.78, 5) is 11.7. The molecule has 1 amide bonds. The molecule has 4 nitrogen and oxygen atoms in total. The molecule has 0 bridgehead atoms. The molecule has 0 fully saturated rings. The monoisotopic (exact) mass is 296 g/mol. The summed E-state index contributed by atoms with van der Waals surface area (Å²) in [6.07, 6.45) is 1.12. The van der Waals surface area contributed by atoms with Gasteiger partial charge in [0.2, 0.25) is 0 Å². The van der Waals surface area contributed by atoms with Crippen LogP contribution in [0.5, 0.6) is 5.75 Å². The number of benzene rings is 1. The molecule has 17 heavy (non-hydrogen) atoms. The third-order valence-corrected chi connectivity index (χ3v) is 2.78. The molecule has 1 N–H and O–H groups in total. The molecule has 1 aromatic carbocycles. The van der Waals surface area contributed by atoms with Crippen molar-refractivity contribution in [2.75, 3.05) is 13.7 Å². The topological polar surface area (TPSA) is 62.1 Å². The number of halogens is 1. The minimum Gasteiger partial charge on any atom is -0.496 e. The minimum absolute atomic E-state index is 0.147. The van der Waals surface area contributed by atoms with E-state index < -0.39 is 0 Å². The zero-order valence-corrected chi connectivity index (χ0v) is 11.1. The third kappa shape index (κ3) is 4.08. The lowest BCUT2D eigenvalue weighted by Gasteiger charge is -2.07. The van der Waals surface area contributed by atoms with E-state index in [1.54, 1.807) is 25.3 Å². The number of hydrogen-bond acceptors (Lipinski definition) is 3. The largest absolute Gasteiger partial charge is 0.496 e. The fourth-order valence-corrected chi connectivity index (χ4v) is 1.82. The summed E-state index contributed by atoms with van der Waals surface area (Å²) in [5, 5.41) is 11.1. The summed E-state index contributed by atoms with van der Waals surface area (Å²) >= 11 is 3.32. The fourth-order valence-electron chi connectivity index (χ4n) is 1.28. The van der Waals surface area contributed by atoms with Gasteiger partial charge >= 0.3 is 0 Å². The van der Waals surface area contributed by atoms with Crippen LogP contribution < -0.4 is 10.1 Å². The highest BCUT2D eigenvalue weighted by Crippen LogP contribution is 2.25. The number of carbonyl (C=O) groups is 1. The van der Waals surface area contributed by atoms with Gasteiger partial charge in [-0.3, -0.25) is 4.79 Å². The van der Waals surface area contributed by atoms with Crippen molar-refractivity contribution >= 4 is 21.8 Å². The van der Waals surface area contributed by atoms with Gasteiger partial charge in [-0.25, -0.2) is 0 Å². The molecule has 0 unspecified atom stereocenters. The lowest BCUT2D eigenvalue weighted by atomic mass is 10.2. The molecule has 0 saturated heterocycles. The Balaban J connectivity index is 2.58. The number of rotatable bonds is 5. The molecule has 0 spiro atoms. The second-order valence-electron chi connectivity index (χ2n) is 3.37. The molecule has 0 saturated carbocycles. The van der Waals surface area contributed by atoms with Crippen molar-refractivity contribution in [2.24, 2.45) is 0 Å². The van der Waals surface area contributed by atoms with Gasteiger partial charge in [-0.1, -0.05) is 0 Å². The number of amides is 1. The first-order valence-corrected chi connectivity index (χ1v) is 5.97. The predicted molar refractivity (Wildman–Crippen MR) is 67.9 cm³/mol. The maximum atomic E-state index is 11.7. The molecule has 0 aromatic heterocycles. The first-order chi connectivity index (χ1) is 8.19. The van der Waals surface area contributed by atoms with Gasteiger partial charge in [0.25, 0.3) is 5.91 Å². The molecule has 0 radical (unpaired) electrons. The molecule has 1 rings (SSSR count). The first kappa shape index (κ1) is 13.5. The predicted octanol–water partition coefficient (Wildman–Crippen LogP) is 2.49. The smallest absolute Gasteiger partial charge is 0.251 e. The van der Waals surface area contributed by atoms with Crippen LogP contribution in [-0.2, 0) is 0 Å². The van der Waals surface area contributed by atoms with Gasteiger partial charge in [0.15, 0.2) is 0 Å². The second kappa shape index (κ2) is 6.92. The minimum atomic E-state index is -0.147. The van der Waals surface area contributed by atoms with E-state index in [0.717, 1.165) is 4.47 Å². The van der Waals surface area contributed by atoms with Gasteiger partial charge in [-0.2, -0.15) is 5.26 Å². The molecule has 90 valence electrons. The maximum Gasteiger partial charge on any atom is 0.251 e. The summed E-state index contributed by atoms with van der Waals surface area (Å²) in [5.74, 6) is 0.539. The van der Waals surface area contributed by atoms with Crippen molar-refractivity contribution in [3.05, 3.63) is 28.2 Å². The summed E-state index contributed by atoms with van der Waals surface area (Å²) in [7, 11) is 1.57. The van der Waals surface area contributed by atoms with Crippen molar-refractivity contribution in [2.45, 2.75) is 12.8 Å². The molecule has 0 aliphatic carbocycles. The standard InChI is InChI=1S/C12H13BrN2O2/c1-17-11-5-4-9(8-10(11)13)12(16)15-7-3-2-6-14/h4-5,8H,2-3,7H2,1H3,(H,15,16). The van der Waals surface area contributed by atoms with Crippen LogP contribution in [-0.4, -0.2) is 19.6 Å². The Labute approximate surface area is 109 Å². The lowest BCUT2D eigenvalue weighted by Crippen LogP contribution is -2.24. The number of carbonyl (C=O) groups excluding carboxylic acids is 1. The van der Waals surface area contributed by atoms with Crippen LogP contribution in [0.25, 0.3) is 0 Å². The number of ether oxygens (including phenoxy) is 1. The Morgan fingerprint density at radius 3 is 2.94 bits per heavy atom. The fraction of sp³-hybridized carbons (Fsp3) is 0.333. The van der Waals surface area contributed by atoms with Crippen LogP contribution >= 0.6 is 15.9 Å². The average molecular weight is 297 g/mol. The number of hydrogen-bond donors (Lipinski definition) is 1. The Morgan fingerprint density at radius 2 is 2.35 bits per heavy atom. The molecular formula is C12H13BrN2O2. The van der Waals surface area contributed by atoms with Crippen LogP contribution in [0.2, 0.25) is 0 Å². The van der Waals surface area contributed by atoms with Crippen molar-refractivity contribution in [3.8, 4) is 11.8 Å². The van der Waals surface area contributed by atoms with E-state index in [0.29, 0.717) is 30.7 Å². The van der Waals surface area contributed by atoms with Crippen LogP contribution in [0.4, 0.5) is 0 Å². The number of nitriles is 1. The SMILES string of the molecule is COc1ccc(C(=O)NCCCC#N)cc1Br. The van der Waals surface area contributed by atoms with E-state index in [-0.39, 0.29) is 5.91 Å². The molecule has 5 heteroatoms. The van der Waals surface area contributed by atoms with Crippen LogP contribution in [0, 0.1) is 11.3 Å². The van der Waals surface area contributed by atoms with Gasteiger partial charge in [0, 0.05) is 18.5 Å². The second-order valence-corrected chi connectivity index (χ2v) is 4.22. The lowest BCUT2D eigenvalue weighted by molar-refractivity contribution is 0.0953. The Morgan fingerprint density at radius 1 is 1.59 bits per heavy atom. The molecule has 0 aliphatic heterocycles.